The molecule has 1 atom stereocenters. The Morgan fingerprint density at radius 2 is 1.91 bits per heavy atom. The number of amides is 3. The van der Waals surface area contributed by atoms with Crippen molar-refractivity contribution in [2.75, 3.05) is 6.54 Å². The van der Waals surface area contributed by atoms with E-state index in [1.54, 1.807) is 24.3 Å². The highest BCUT2D eigenvalue weighted by molar-refractivity contribution is 6.30. The first-order valence-electron chi connectivity index (χ1n) is 7.99. The van der Waals surface area contributed by atoms with Crippen molar-refractivity contribution >= 4 is 23.5 Å². The normalized spacial score (nSPS) is 29.0. The van der Waals surface area contributed by atoms with Crippen LogP contribution < -0.4 is 5.32 Å². The molecule has 0 radical (unpaired) electrons. The van der Waals surface area contributed by atoms with Crippen molar-refractivity contribution in [1.29, 1.82) is 0 Å². The lowest BCUT2D eigenvalue weighted by atomic mass is 9.77. The number of carbonyl (C=O) groups is 2. The van der Waals surface area contributed by atoms with Crippen molar-refractivity contribution < 1.29 is 14.7 Å². The smallest absolute Gasteiger partial charge is 0.325 e. The largest absolute Gasteiger partial charge is 0.387 e. The summed E-state index contributed by atoms with van der Waals surface area (Å²) in [4.78, 5) is 26.1. The average Bonchev–Trinajstić information content (AvgIpc) is 2.75. The number of hydrogen-bond donors (Lipinski definition) is 2. The van der Waals surface area contributed by atoms with E-state index in [2.05, 4.69) is 12.2 Å². The maximum absolute atomic E-state index is 12.7. The number of nitrogens with one attached hydrogen (secondary N) is 1. The zero-order chi connectivity index (χ0) is 16.6. The topological polar surface area (TPSA) is 69.6 Å². The lowest BCUT2D eigenvalue weighted by Crippen LogP contribution is -2.49. The third-order valence-electron chi connectivity index (χ3n) is 4.98. The molecule has 1 aliphatic carbocycles. The van der Waals surface area contributed by atoms with Gasteiger partial charge in [0.2, 0.25) is 0 Å². The van der Waals surface area contributed by atoms with Crippen LogP contribution in [-0.2, 0) is 4.79 Å². The van der Waals surface area contributed by atoms with Gasteiger partial charge < -0.3 is 10.4 Å². The lowest BCUT2D eigenvalue weighted by Gasteiger charge is -2.33. The molecule has 5 nitrogen and oxygen atoms in total. The Morgan fingerprint density at radius 1 is 1.30 bits per heavy atom. The van der Waals surface area contributed by atoms with E-state index in [1.807, 2.05) is 0 Å². The first-order chi connectivity index (χ1) is 10.9. The Kier molecular flexibility index (Phi) is 4.34. The summed E-state index contributed by atoms with van der Waals surface area (Å²) >= 11 is 5.83. The van der Waals surface area contributed by atoms with Crippen molar-refractivity contribution in [3.63, 3.8) is 0 Å². The van der Waals surface area contributed by atoms with E-state index in [1.165, 1.54) is 0 Å². The van der Waals surface area contributed by atoms with Crippen molar-refractivity contribution in [3.8, 4) is 0 Å². The number of β-amino-alcohol motifs (C(OH)–C–C–N with tert-alkyl or cyclic N) is 1. The van der Waals surface area contributed by atoms with E-state index in [0.717, 1.165) is 17.7 Å². The minimum atomic E-state index is -0.917. The Bertz CT molecular complexity index is 609. The molecule has 2 fully saturated rings. The van der Waals surface area contributed by atoms with Gasteiger partial charge >= 0.3 is 6.03 Å². The lowest BCUT2D eigenvalue weighted by molar-refractivity contribution is -0.133. The van der Waals surface area contributed by atoms with Gasteiger partial charge in [0.1, 0.15) is 5.54 Å². The van der Waals surface area contributed by atoms with E-state index in [9.17, 15) is 14.7 Å². The van der Waals surface area contributed by atoms with Crippen LogP contribution in [0, 0.1) is 5.92 Å². The molecule has 1 aromatic carbocycles. The molecule has 2 N–H and O–H groups in total. The molecular weight excluding hydrogens is 316 g/mol. The third-order valence-corrected chi connectivity index (χ3v) is 5.24. The van der Waals surface area contributed by atoms with Crippen LogP contribution in [0.4, 0.5) is 4.79 Å². The number of rotatable bonds is 3. The standard InChI is InChI=1S/C17H21ClN2O3/c1-11-6-8-17(9-7-11)15(22)20(16(23)19-17)10-14(21)12-2-4-13(18)5-3-12/h2-5,11,14,21H,6-10H2,1H3,(H,19,23)/t11?,14-,17?/m0/s1. The van der Waals surface area contributed by atoms with Crippen molar-refractivity contribution in [2.45, 2.75) is 44.2 Å². The highest BCUT2D eigenvalue weighted by Crippen LogP contribution is 2.36. The van der Waals surface area contributed by atoms with Crippen LogP contribution in [0.2, 0.25) is 5.02 Å². The van der Waals surface area contributed by atoms with Crippen LogP contribution in [0.25, 0.3) is 0 Å². The molecule has 1 spiro atoms. The molecule has 0 unspecified atom stereocenters. The molecule has 1 aromatic rings. The summed E-state index contributed by atoms with van der Waals surface area (Å²) in [5.41, 5.74) is -0.128. The fraction of sp³-hybridized carbons (Fsp3) is 0.529. The molecule has 2 aliphatic rings. The molecule has 0 bridgehead atoms. The monoisotopic (exact) mass is 336 g/mol. The number of halogens is 1. The van der Waals surface area contributed by atoms with Gasteiger partial charge in [-0.1, -0.05) is 30.7 Å². The summed E-state index contributed by atoms with van der Waals surface area (Å²) < 4.78 is 0. The van der Waals surface area contributed by atoms with Gasteiger partial charge in [-0.3, -0.25) is 9.69 Å². The van der Waals surface area contributed by atoms with Crippen LogP contribution in [0.15, 0.2) is 24.3 Å². The van der Waals surface area contributed by atoms with Crippen molar-refractivity contribution in [2.24, 2.45) is 5.92 Å². The van der Waals surface area contributed by atoms with Crippen LogP contribution in [0.5, 0.6) is 0 Å². The summed E-state index contributed by atoms with van der Waals surface area (Å²) in [6.07, 6.45) is 2.29. The first kappa shape index (κ1) is 16.3. The van der Waals surface area contributed by atoms with Crippen LogP contribution in [0.1, 0.15) is 44.3 Å². The van der Waals surface area contributed by atoms with Gasteiger partial charge in [-0.05, 0) is 49.3 Å². The summed E-state index contributed by atoms with van der Waals surface area (Å²) in [6.45, 7) is 2.12. The van der Waals surface area contributed by atoms with Crippen LogP contribution >= 0.6 is 11.6 Å². The average molecular weight is 337 g/mol. The summed E-state index contributed by atoms with van der Waals surface area (Å²) in [7, 11) is 0. The van der Waals surface area contributed by atoms with Crippen molar-refractivity contribution in [3.05, 3.63) is 34.9 Å². The zero-order valence-corrected chi connectivity index (χ0v) is 13.8. The van der Waals surface area contributed by atoms with Crippen molar-refractivity contribution in [1.82, 2.24) is 10.2 Å². The predicted molar refractivity (Wildman–Crippen MR) is 87.0 cm³/mol. The third kappa shape index (κ3) is 3.08. The predicted octanol–water partition coefficient (Wildman–Crippen LogP) is 2.87. The Labute approximate surface area is 140 Å². The molecule has 1 saturated carbocycles. The minimum Gasteiger partial charge on any atom is -0.387 e. The first-order valence-corrected chi connectivity index (χ1v) is 8.37. The Balaban J connectivity index is 1.72. The second-order valence-electron chi connectivity index (χ2n) is 6.68. The van der Waals surface area contributed by atoms with E-state index >= 15 is 0 Å². The van der Waals surface area contributed by atoms with E-state index in [4.69, 9.17) is 11.6 Å². The Morgan fingerprint density at radius 3 is 2.52 bits per heavy atom. The highest BCUT2D eigenvalue weighted by atomic mass is 35.5. The number of aliphatic hydroxyl groups excluding tert-OH is 1. The summed E-state index contributed by atoms with van der Waals surface area (Å²) in [5, 5.41) is 13.8. The molecule has 3 rings (SSSR count). The fourth-order valence-electron chi connectivity index (χ4n) is 3.40. The highest BCUT2D eigenvalue weighted by Gasteiger charge is 2.52. The SMILES string of the molecule is CC1CCC2(CC1)NC(=O)N(C[C@H](O)c1ccc(Cl)cc1)C2=O. The van der Waals surface area contributed by atoms with E-state index < -0.39 is 17.7 Å². The van der Waals surface area contributed by atoms with Gasteiger partial charge in [-0.2, -0.15) is 0 Å². The molecule has 124 valence electrons. The van der Waals surface area contributed by atoms with Gasteiger partial charge in [0.15, 0.2) is 0 Å². The molecule has 1 saturated heterocycles. The zero-order valence-electron chi connectivity index (χ0n) is 13.1. The van der Waals surface area contributed by atoms with Gasteiger partial charge in [0, 0.05) is 5.02 Å². The van der Waals surface area contributed by atoms with E-state index in [-0.39, 0.29) is 12.5 Å². The molecule has 1 heterocycles. The number of nitrogens with zero attached hydrogens (tertiary/aromatic N) is 1. The van der Waals surface area contributed by atoms with Crippen LogP contribution in [0.3, 0.4) is 0 Å². The number of imide groups is 1. The van der Waals surface area contributed by atoms with Crippen LogP contribution in [-0.4, -0.2) is 34.0 Å². The number of carbonyl (C=O) groups excluding carboxylic acids is 2. The number of hydrogen-bond acceptors (Lipinski definition) is 3. The van der Waals surface area contributed by atoms with Gasteiger partial charge in [-0.25, -0.2) is 4.79 Å². The molecule has 0 aromatic heterocycles. The van der Waals surface area contributed by atoms with Gasteiger partial charge in [-0.15, -0.1) is 0 Å². The number of urea groups is 1. The maximum Gasteiger partial charge on any atom is 0.325 e. The fourth-order valence-corrected chi connectivity index (χ4v) is 3.53. The number of aliphatic hydroxyl groups is 1. The number of benzene rings is 1. The molecule has 23 heavy (non-hydrogen) atoms. The maximum atomic E-state index is 12.7. The van der Waals surface area contributed by atoms with Gasteiger partial charge in [0.05, 0.1) is 12.6 Å². The quantitative estimate of drug-likeness (QED) is 0.834. The minimum absolute atomic E-state index is 0.0381. The second-order valence-corrected chi connectivity index (χ2v) is 7.11. The summed E-state index contributed by atoms with van der Waals surface area (Å²) in [6, 6.07) is 6.34. The molecule has 6 heteroatoms. The Hall–Kier alpha value is -1.59. The second kappa shape index (κ2) is 6.13. The molecular formula is C17H21ClN2O3. The molecule has 3 amide bonds. The van der Waals surface area contributed by atoms with E-state index in [0.29, 0.717) is 29.3 Å². The van der Waals surface area contributed by atoms with Gasteiger partial charge in [0.25, 0.3) is 5.91 Å². The molecule has 1 aliphatic heterocycles. The summed E-state index contributed by atoms with van der Waals surface area (Å²) in [5.74, 6) is 0.376.